The SMILES string of the molecule is O=C(O)c1cccn(C(=O)O)c1=O. The zero-order chi connectivity index (χ0) is 10.0. The standard InChI is InChI=1S/C7H5NO5/c9-5-4(6(10)11)2-1-3-8(5)7(12)13/h1-3H,(H,10,11)(H,12,13). The minimum atomic E-state index is -1.51. The van der Waals surface area contributed by atoms with Crippen LogP contribution in [0.5, 0.6) is 0 Å². The Morgan fingerprint density at radius 2 is 1.92 bits per heavy atom. The molecule has 0 aliphatic carbocycles. The summed E-state index contributed by atoms with van der Waals surface area (Å²) in [5.41, 5.74) is -1.62. The van der Waals surface area contributed by atoms with Crippen LogP contribution in [0.3, 0.4) is 0 Å². The summed E-state index contributed by atoms with van der Waals surface area (Å²) in [7, 11) is 0. The Bertz CT molecular complexity index is 384. The van der Waals surface area contributed by atoms with E-state index in [4.69, 9.17) is 10.2 Å². The summed E-state index contributed by atoms with van der Waals surface area (Å²) in [6.07, 6.45) is -0.523. The number of rotatable bonds is 1. The Balaban J connectivity index is 3.44. The fraction of sp³-hybridized carbons (Fsp3) is 0. The van der Waals surface area contributed by atoms with Crippen LogP contribution in [0.25, 0.3) is 0 Å². The van der Waals surface area contributed by atoms with Gasteiger partial charge in [-0.3, -0.25) is 4.79 Å². The van der Waals surface area contributed by atoms with E-state index in [1.165, 1.54) is 6.07 Å². The maximum absolute atomic E-state index is 11.1. The fourth-order valence-electron chi connectivity index (χ4n) is 0.807. The molecule has 13 heavy (non-hydrogen) atoms. The molecule has 0 bridgehead atoms. The number of nitrogens with zero attached hydrogens (tertiary/aromatic N) is 1. The predicted molar refractivity (Wildman–Crippen MR) is 41.1 cm³/mol. The van der Waals surface area contributed by atoms with E-state index >= 15 is 0 Å². The second kappa shape index (κ2) is 3.10. The molecule has 0 fully saturated rings. The molecule has 1 aromatic heterocycles. The molecule has 0 atom stereocenters. The van der Waals surface area contributed by atoms with Crippen LogP contribution in [-0.4, -0.2) is 26.8 Å². The average molecular weight is 183 g/mol. The zero-order valence-electron chi connectivity index (χ0n) is 6.30. The van der Waals surface area contributed by atoms with Gasteiger partial charge in [-0.15, -0.1) is 0 Å². The number of carbonyl (C=O) groups is 2. The summed E-state index contributed by atoms with van der Waals surface area (Å²) in [6, 6.07) is 2.23. The number of hydrogen-bond donors (Lipinski definition) is 2. The van der Waals surface area contributed by atoms with Crippen molar-refractivity contribution in [3.05, 3.63) is 34.2 Å². The van der Waals surface area contributed by atoms with Crippen LogP contribution in [-0.2, 0) is 0 Å². The molecule has 1 rings (SSSR count). The van der Waals surface area contributed by atoms with Crippen molar-refractivity contribution in [3.63, 3.8) is 0 Å². The first-order valence-electron chi connectivity index (χ1n) is 3.22. The molecule has 0 amide bonds. The molecule has 6 heteroatoms. The normalized spacial score (nSPS) is 9.54. The highest BCUT2D eigenvalue weighted by molar-refractivity contribution is 5.87. The average Bonchev–Trinajstić information content (AvgIpc) is 2.03. The van der Waals surface area contributed by atoms with E-state index in [-0.39, 0.29) is 0 Å². The first kappa shape index (κ1) is 8.98. The number of carboxylic acids is 1. The van der Waals surface area contributed by atoms with Crippen molar-refractivity contribution in [3.8, 4) is 0 Å². The Hall–Kier alpha value is -2.11. The van der Waals surface area contributed by atoms with Gasteiger partial charge in [-0.05, 0) is 12.1 Å². The van der Waals surface area contributed by atoms with Crippen LogP contribution < -0.4 is 5.56 Å². The molecule has 1 heterocycles. The fourth-order valence-corrected chi connectivity index (χ4v) is 0.807. The predicted octanol–water partition coefficient (Wildman–Crippen LogP) is 0.0726. The number of hydrogen-bond acceptors (Lipinski definition) is 3. The van der Waals surface area contributed by atoms with Crippen LogP contribution in [0.1, 0.15) is 10.4 Å². The molecule has 0 aromatic carbocycles. The molecular weight excluding hydrogens is 178 g/mol. The third-order valence-corrected chi connectivity index (χ3v) is 1.38. The molecule has 1 aromatic rings. The van der Waals surface area contributed by atoms with E-state index in [9.17, 15) is 14.4 Å². The topological polar surface area (TPSA) is 96.6 Å². The van der Waals surface area contributed by atoms with E-state index in [1.807, 2.05) is 0 Å². The van der Waals surface area contributed by atoms with Gasteiger partial charge in [0, 0.05) is 6.20 Å². The lowest BCUT2D eigenvalue weighted by Crippen LogP contribution is -2.29. The lowest BCUT2D eigenvalue weighted by molar-refractivity contribution is 0.0694. The van der Waals surface area contributed by atoms with Gasteiger partial charge in [0.05, 0.1) is 0 Å². The largest absolute Gasteiger partial charge is 0.477 e. The third kappa shape index (κ3) is 1.56. The Morgan fingerprint density at radius 3 is 2.38 bits per heavy atom. The van der Waals surface area contributed by atoms with E-state index in [0.717, 1.165) is 12.3 Å². The highest BCUT2D eigenvalue weighted by Crippen LogP contribution is 1.91. The first-order valence-corrected chi connectivity index (χ1v) is 3.22. The summed E-state index contributed by atoms with van der Waals surface area (Å²) < 4.78 is 0.309. The van der Waals surface area contributed by atoms with Gasteiger partial charge in [-0.25, -0.2) is 14.2 Å². The molecule has 0 saturated carbocycles. The van der Waals surface area contributed by atoms with Crippen molar-refractivity contribution < 1.29 is 19.8 Å². The van der Waals surface area contributed by atoms with Gasteiger partial charge in [0.15, 0.2) is 0 Å². The molecule has 0 unspecified atom stereocenters. The van der Waals surface area contributed by atoms with E-state index in [0.29, 0.717) is 4.57 Å². The van der Waals surface area contributed by atoms with Crippen LogP contribution >= 0.6 is 0 Å². The van der Waals surface area contributed by atoms with Crippen molar-refractivity contribution in [1.82, 2.24) is 4.57 Å². The van der Waals surface area contributed by atoms with Gasteiger partial charge in [-0.2, -0.15) is 0 Å². The molecule has 0 spiro atoms. The Labute approximate surface area is 71.7 Å². The van der Waals surface area contributed by atoms with Crippen LogP contribution in [0.15, 0.2) is 23.1 Å². The number of aromatic nitrogens is 1. The summed E-state index contributed by atoms with van der Waals surface area (Å²) in [5.74, 6) is -1.44. The van der Waals surface area contributed by atoms with Crippen molar-refractivity contribution in [1.29, 1.82) is 0 Å². The monoisotopic (exact) mass is 183 g/mol. The summed E-state index contributed by atoms with van der Waals surface area (Å²) >= 11 is 0. The number of carboxylic acid groups (broad SMARTS) is 2. The summed E-state index contributed by atoms with van der Waals surface area (Å²) in [5, 5.41) is 16.9. The minimum absolute atomic E-state index is 0.309. The van der Waals surface area contributed by atoms with Crippen molar-refractivity contribution >= 4 is 12.1 Å². The van der Waals surface area contributed by atoms with E-state index < -0.39 is 23.2 Å². The van der Waals surface area contributed by atoms with Crippen LogP contribution in [0, 0.1) is 0 Å². The molecule has 0 aliphatic heterocycles. The van der Waals surface area contributed by atoms with Crippen LogP contribution in [0.4, 0.5) is 4.79 Å². The van der Waals surface area contributed by atoms with Gasteiger partial charge < -0.3 is 10.2 Å². The van der Waals surface area contributed by atoms with Gasteiger partial charge in [0.2, 0.25) is 0 Å². The zero-order valence-corrected chi connectivity index (χ0v) is 6.30. The third-order valence-electron chi connectivity index (χ3n) is 1.38. The van der Waals surface area contributed by atoms with Crippen molar-refractivity contribution in [2.75, 3.05) is 0 Å². The summed E-state index contributed by atoms with van der Waals surface area (Å²) in [4.78, 5) is 31.8. The molecule has 0 radical (unpaired) electrons. The highest BCUT2D eigenvalue weighted by atomic mass is 16.4. The van der Waals surface area contributed by atoms with Crippen LogP contribution in [0.2, 0.25) is 0 Å². The molecule has 0 saturated heterocycles. The molecule has 6 nitrogen and oxygen atoms in total. The molecular formula is C7H5NO5. The van der Waals surface area contributed by atoms with E-state index in [1.54, 1.807) is 0 Å². The van der Waals surface area contributed by atoms with Crippen molar-refractivity contribution in [2.24, 2.45) is 0 Å². The maximum Gasteiger partial charge on any atom is 0.418 e. The number of pyridine rings is 1. The van der Waals surface area contributed by atoms with Gasteiger partial charge in [0.25, 0.3) is 5.56 Å². The summed E-state index contributed by atoms with van der Waals surface area (Å²) in [6.45, 7) is 0. The molecule has 2 N–H and O–H groups in total. The Morgan fingerprint density at radius 1 is 1.31 bits per heavy atom. The minimum Gasteiger partial charge on any atom is -0.477 e. The smallest absolute Gasteiger partial charge is 0.418 e. The van der Waals surface area contributed by atoms with Gasteiger partial charge in [0.1, 0.15) is 5.56 Å². The second-order valence-electron chi connectivity index (χ2n) is 2.18. The highest BCUT2D eigenvalue weighted by Gasteiger charge is 2.12. The lowest BCUT2D eigenvalue weighted by Gasteiger charge is -1.98. The quantitative estimate of drug-likeness (QED) is 0.642. The second-order valence-corrected chi connectivity index (χ2v) is 2.18. The lowest BCUT2D eigenvalue weighted by atomic mass is 10.3. The number of aromatic carboxylic acids is 1. The maximum atomic E-state index is 11.1. The first-order chi connectivity index (χ1) is 6.04. The van der Waals surface area contributed by atoms with E-state index in [2.05, 4.69) is 0 Å². The van der Waals surface area contributed by atoms with Crippen molar-refractivity contribution in [2.45, 2.75) is 0 Å². The molecule has 68 valence electrons. The van der Waals surface area contributed by atoms with Gasteiger partial charge >= 0.3 is 12.1 Å². The van der Waals surface area contributed by atoms with Gasteiger partial charge in [-0.1, -0.05) is 0 Å². The molecule has 0 aliphatic rings. The Kier molecular flexibility index (Phi) is 2.14.